The summed E-state index contributed by atoms with van der Waals surface area (Å²) in [5.74, 6) is -0.431. The molecule has 142 valence electrons. The minimum atomic E-state index is -0.354. The first-order chi connectivity index (χ1) is 11.6. The van der Waals surface area contributed by atoms with Crippen molar-refractivity contribution in [3.63, 3.8) is 0 Å². The van der Waals surface area contributed by atoms with Crippen LogP contribution >= 0.6 is 23.7 Å². The number of anilines is 1. The molecule has 0 aliphatic carbocycles. The summed E-state index contributed by atoms with van der Waals surface area (Å²) in [5, 5.41) is 6.87. The summed E-state index contributed by atoms with van der Waals surface area (Å²) in [6.45, 7) is 10.1. The van der Waals surface area contributed by atoms with Gasteiger partial charge in [0.05, 0.1) is 18.7 Å². The number of carbonyl (C=O) groups excluding carboxylic acids is 2. The Morgan fingerprint density at radius 1 is 1.28 bits per heavy atom. The molecule has 0 bridgehead atoms. The first kappa shape index (κ1) is 21.9. The van der Waals surface area contributed by atoms with Gasteiger partial charge >= 0.3 is 5.97 Å². The van der Waals surface area contributed by atoms with E-state index < -0.39 is 0 Å². The van der Waals surface area contributed by atoms with Crippen LogP contribution in [0.2, 0.25) is 0 Å². The molecule has 0 saturated carbocycles. The predicted octanol–water partition coefficient (Wildman–Crippen LogP) is 2.45. The van der Waals surface area contributed by atoms with Crippen molar-refractivity contribution in [2.75, 3.05) is 44.6 Å². The number of aryl methyl sites for hydroxylation is 1. The maximum Gasteiger partial charge on any atom is 0.341 e. The van der Waals surface area contributed by atoms with E-state index in [1.165, 1.54) is 11.3 Å². The quantitative estimate of drug-likeness (QED) is 0.731. The van der Waals surface area contributed by atoms with Crippen molar-refractivity contribution in [2.24, 2.45) is 0 Å². The van der Waals surface area contributed by atoms with E-state index >= 15 is 0 Å². The van der Waals surface area contributed by atoms with E-state index in [4.69, 9.17) is 4.74 Å². The third-order valence-corrected chi connectivity index (χ3v) is 5.16. The molecule has 1 aliphatic heterocycles. The van der Waals surface area contributed by atoms with Crippen molar-refractivity contribution in [3.05, 3.63) is 16.0 Å². The number of nitrogens with zero attached hydrogens (tertiary/aromatic N) is 1. The molecule has 1 aliphatic rings. The normalized spacial score (nSPS) is 15.2. The number of ether oxygens (including phenoxy) is 1. The Balaban J connectivity index is 0.00000312. The highest BCUT2D eigenvalue weighted by Gasteiger charge is 2.24. The first-order valence-corrected chi connectivity index (χ1v) is 9.40. The predicted molar refractivity (Wildman–Crippen MR) is 104 cm³/mol. The number of hydrogen-bond donors (Lipinski definition) is 2. The van der Waals surface area contributed by atoms with Crippen LogP contribution in [0.4, 0.5) is 5.00 Å². The van der Waals surface area contributed by atoms with E-state index in [9.17, 15) is 9.59 Å². The number of amides is 1. The number of hydrogen-bond acceptors (Lipinski definition) is 6. The standard InChI is InChI=1S/C17H27N3O3S.ClH/c1-4-13-12(3)24-16(15(13)17(22)23-5-2)19-14(21)11-20-9-6-7-18-8-10-20;/h18H,4-11H2,1-3H3,(H,19,21);1H. The van der Waals surface area contributed by atoms with Crippen molar-refractivity contribution >= 4 is 40.6 Å². The van der Waals surface area contributed by atoms with E-state index in [2.05, 4.69) is 15.5 Å². The van der Waals surface area contributed by atoms with Gasteiger partial charge in [0.25, 0.3) is 0 Å². The molecule has 1 saturated heterocycles. The fourth-order valence-corrected chi connectivity index (χ4v) is 4.09. The molecule has 0 atom stereocenters. The third kappa shape index (κ3) is 5.95. The van der Waals surface area contributed by atoms with E-state index in [0.29, 0.717) is 23.7 Å². The molecule has 0 spiro atoms. The van der Waals surface area contributed by atoms with Gasteiger partial charge in [-0.05, 0) is 45.3 Å². The van der Waals surface area contributed by atoms with Gasteiger partial charge in [-0.1, -0.05) is 6.92 Å². The lowest BCUT2D eigenvalue weighted by Gasteiger charge is -2.18. The zero-order chi connectivity index (χ0) is 17.5. The van der Waals surface area contributed by atoms with Crippen molar-refractivity contribution in [3.8, 4) is 0 Å². The number of thiophene rings is 1. The van der Waals surface area contributed by atoms with Crippen LogP contribution in [0, 0.1) is 6.92 Å². The smallest absolute Gasteiger partial charge is 0.341 e. The summed E-state index contributed by atoms with van der Waals surface area (Å²) in [6, 6.07) is 0. The number of rotatable bonds is 6. The Kier molecular flexibility index (Phi) is 9.42. The molecular formula is C17H28ClN3O3S. The molecule has 8 heteroatoms. The SMILES string of the molecule is CCOC(=O)c1c(NC(=O)CN2CCCNCC2)sc(C)c1CC.Cl. The molecule has 25 heavy (non-hydrogen) atoms. The monoisotopic (exact) mass is 389 g/mol. The van der Waals surface area contributed by atoms with E-state index in [1.807, 2.05) is 13.8 Å². The molecule has 6 nitrogen and oxygen atoms in total. The van der Waals surface area contributed by atoms with E-state index in [0.717, 1.165) is 49.5 Å². The Morgan fingerprint density at radius 3 is 2.72 bits per heavy atom. The highest BCUT2D eigenvalue weighted by molar-refractivity contribution is 7.16. The van der Waals surface area contributed by atoms with Gasteiger partial charge in [0.2, 0.25) is 5.91 Å². The van der Waals surface area contributed by atoms with Crippen LogP contribution < -0.4 is 10.6 Å². The summed E-state index contributed by atoms with van der Waals surface area (Å²) in [6.07, 6.45) is 1.78. The van der Waals surface area contributed by atoms with Gasteiger partial charge in [0.15, 0.2) is 0 Å². The maximum atomic E-state index is 12.4. The Bertz CT molecular complexity index is 584. The average Bonchev–Trinajstić information content (AvgIpc) is 2.70. The minimum Gasteiger partial charge on any atom is -0.462 e. The van der Waals surface area contributed by atoms with Gasteiger partial charge in [-0.3, -0.25) is 9.69 Å². The third-order valence-electron chi connectivity index (χ3n) is 4.09. The van der Waals surface area contributed by atoms with Gasteiger partial charge in [-0.15, -0.1) is 23.7 Å². The van der Waals surface area contributed by atoms with Gasteiger partial charge in [0.1, 0.15) is 5.00 Å². The summed E-state index contributed by atoms with van der Waals surface area (Å²) in [5.41, 5.74) is 1.49. The van der Waals surface area contributed by atoms with Crippen LogP contribution in [0.1, 0.15) is 41.1 Å². The maximum absolute atomic E-state index is 12.4. The second-order valence-corrected chi connectivity index (χ2v) is 7.07. The second kappa shape index (κ2) is 10.8. The van der Waals surface area contributed by atoms with Crippen molar-refractivity contribution in [2.45, 2.75) is 33.6 Å². The van der Waals surface area contributed by atoms with Crippen molar-refractivity contribution in [1.29, 1.82) is 0 Å². The molecule has 2 rings (SSSR count). The van der Waals surface area contributed by atoms with Crippen LogP contribution in [0.15, 0.2) is 0 Å². The topological polar surface area (TPSA) is 70.7 Å². The number of nitrogens with one attached hydrogen (secondary N) is 2. The average molecular weight is 390 g/mol. The van der Waals surface area contributed by atoms with Gasteiger partial charge in [0, 0.05) is 18.0 Å². The van der Waals surface area contributed by atoms with Crippen LogP contribution in [0.25, 0.3) is 0 Å². The minimum absolute atomic E-state index is 0. The summed E-state index contributed by atoms with van der Waals surface area (Å²) in [7, 11) is 0. The van der Waals surface area contributed by atoms with E-state index in [-0.39, 0.29) is 24.3 Å². The van der Waals surface area contributed by atoms with Gasteiger partial charge in [-0.25, -0.2) is 4.79 Å². The highest BCUT2D eigenvalue weighted by atomic mass is 35.5. The molecule has 0 radical (unpaired) electrons. The number of halogens is 1. The molecular weight excluding hydrogens is 362 g/mol. The Morgan fingerprint density at radius 2 is 2.04 bits per heavy atom. The van der Waals surface area contributed by atoms with Crippen LogP contribution in [-0.2, 0) is 16.0 Å². The molecule has 1 aromatic rings. The van der Waals surface area contributed by atoms with E-state index in [1.54, 1.807) is 6.92 Å². The summed E-state index contributed by atoms with van der Waals surface area (Å²) in [4.78, 5) is 27.9. The molecule has 1 amide bonds. The molecule has 0 aromatic carbocycles. The van der Waals surface area contributed by atoms with Crippen LogP contribution in [0.3, 0.4) is 0 Å². The number of esters is 1. The molecule has 1 fully saturated rings. The second-order valence-electron chi connectivity index (χ2n) is 5.84. The van der Waals surface area contributed by atoms with Gasteiger partial charge < -0.3 is 15.4 Å². The zero-order valence-corrected chi connectivity index (χ0v) is 16.8. The fraction of sp³-hybridized carbons (Fsp3) is 0.647. The van der Waals surface area contributed by atoms with Crippen LogP contribution in [0.5, 0.6) is 0 Å². The lowest BCUT2D eigenvalue weighted by atomic mass is 10.1. The van der Waals surface area contributed by atoms with Crippen molar-refractivity contribution in [1.82, 2.24) is 10.2 Å². The Labute approximate surface area is 159 Å². The largest absolute Gasteiger partial charge is 0.462 e. The molecule has 2 heterocycles. The van der Waals surface area contributed by atoms with Crippen LogP contribution in [-0.4, -0.2) is 56.1 Å². The highest BCUT2D eigenvalue weighted by Crippen LogP contribution is 2.34. The lowest BCUT2D eigenvalue weighted by Crippen LogP contribution is -2.35. The molecule has 1 aromatic heterocycles. The lowest BCUT2D eigenvalue weighted by molar-refractivity contribution is -0.117. The molecule has 0 unspecified atom stereocenters. The number of carbonyl (C=O) groups is 2. The first-order valence-electron chi connectivity index (χ1n) is 8.59. The van der Waals surface area contributed by atoms with Gasteiger partial charge in [-0.2, -0.15) is 0 Å². The molecule has 2 N–H and O–H groups in total. The summed E-state index contributed by atoms with van der Waals surface area (Å²) >= 11 is 1.45. The Hall–Kier alpha value is -1.15. The zero-order valence-electron chi connectivity index (χ0n) is 15.1. The van der Waals surface area contributed by atoms with Crippen molar-refractivity contribution < 1.29 is 14.3 Å². The fourth-order valence-electron chi connectivity index (χ4n) is 2.94. The summed E-state index contributed by atoms with van der Waals surface area (Å²) < 4.78 is 5.17.